The largest absolute Gasteiger partial charge is 0.379 e. The number of hydrogen-bond acceptors (Lipinski definition) is 4. The second-order valence-electron chi connectivity index (χ2n) is 7.22. The van der Waals surface area contributed by atoms with Crippen LogP contribution in [0.25, 0.3) is 10.9 Å². The van der Waals surface area contributed by atoms with Crippen LogP contribution in [0.2, 0.25) is 0 Å². The standard InChI is InChI=1S/C20H28N4O3/c1-12(18(27-2)16-8-5-9-22-16)20(26)24-17(19(21)25)10-13-11-23-15-7-4-3-6-14(13)15/h3-4,6-7,11-12,16-18,22-23H,5,8-10H2,1-2H3,(H2,21,25)(H,24,26)/t12-,16+,17+,18-/m1/s1. The molecule has 7 heteroatoms. The quantitative estimate of drug-likeness (QED) is 0.556. The van der Waals surface area contributed by atoms with Crippen LogP contribution in [-0.4, -0.2) is 48.6 Å². The molecule has 146 valence electrons. The molecule has 0 unspecified atom stereocenters. The van der Waals surface area contributed by atoms with Gasteiger partial charge in [0.2, 0.25) is 11.8 Å². The van der Waals surface area contributed by atoms with Crippen molar-refractivity contribution >= 4 is 22.7 Å². The van der Waals surface area contributed by atoms with Crippen molar-refractivity contribution in [1.82, 2.24) is 15.6 Å². The van der Waals surface area contributed by atoms with Crippen molar-refractivity contribution < 1.29 is 14.3 Å². The summed E-state index contributed by atoms with van der Waals surface area (Å²) in [7, 11) is 1.62. The maximum absolute atomic E-state index is 12.8. The van der Waals surface area contributed by atoms with Gasteiger partial charge in [-0.05, 0) is 31.0 Å². The SMILES string of the molecule is CO[C@@H]([C@@H]1CCCN1)[C@@H](C)C(=O)N[C@@H](Cc1c[nH]c2ccccc12)C(N)=O. The number of aromatic amines is 1. The third kappa shape index (κ3) is 4.31. The maximum Gasteiger partial charge on any atom is 0.240 e. The first-order valence-electron chi connectivity index (χ1n) is 9.42. The molecule has 0 saturated carbocycles. The lowest BCUT2D eigenvalue weighted by atomic mass is 9.95. The van der Waals surface area contributed by atoms with E-state index in [0.717, 1.165) is 35.9 Å². The normalized spacial score (nSPS) is 20.3. The Kier molecular flexibility index (Phi) is 6.13. The topological polar surface area (TPSA) is 109 Å². The predicted molar refractivity (Wildman–Crippen MR) is 104 cm³/mol. The van der Waals surface area contributed by atoms with E-state index in [0.29, 0.717) is 6.42 Å². The number of fused-ring (bicyclic) bond motifs is 1. The summed E-state index contributed by atoms with van der Waals surface area (Å²) < 4.78 is 5.58. The molecule has 0 aliphatic carbocycles. The molecule has 2 amide bonds. The third-order valence-electron chi connectivity index (χ3n) is 5.43. The lowest BCUT2D eigenvalue weighted by Gasteiger charge is -2.28. The van der Waals surface area contributed by atoms with E-state index in [-0.39, 0.29) is 18.1 Å². The summed E-state index contributed by atoms with van der Waals surface area (Å²) in [6.07, 6.45) is 4.01. The van der Waals surface area contributed by atoms with Crippen molar-refractivity contribution in [2.45, 2.75) is 44.4 Å². The van der Waals surface area contributed by atoms with E-state index in [1.807, 2.05) is 37.4 Å². The number of benzene rings is 1. The zero-order valence-corrected chi connectivity index (χ0v) is 15.8. The van der Waals surface area contributed by atoms with Gasteiger partial charge in [-0.15, -0.1) is 0 Å². The van der Waals surface area contributed by atoms with Crippen molar-refractivity contribution in [3.8, 4) is 0 Å². The van der Waals surface area contributed by atoms with Crippen LogP contribution in [-0.2, 0) is 20.7 Å². The number of rotatable bonds is 8. The molecule has 1 aliphatic heterocycles. The molecular weight excluding hydrogens is 344 g/mol. The molecule has 7 nitrogen and oxygen atoms in total. The van der Waals surface area contributed by atoms with Crippen molar-refractivity contribution in [2.75, 3.05) is 13.7 Å². The second-order valence-corrected chi connectivity index (χ2v) is 7.22. The summed E-state index contributed by atoms with van der Waals surface area (Å²) in [5.74, 6) is -1.16. The number of nitrogens with one attached hydrogen (secondary N) is 3. The average Bonchev–Trinajstić information content (AvgIpc) is 3.32. The van der Waals surface area contributed by atoms with Gasteiger partial charge < -0.3 is 26.1 Å². The zero-order chi connectivity index (χ0) is 19.4. The molecular formula is C20H28N4O3. The van der Waals surface area contributed by atoms with Gasteiger partial charge in [0.05, 0.1) is 12.0 Å². The Morgan fingerprint density at radius 3 is 2.81 bits per heavy atom. The molecule has 0 radical (unpaired) electrons. The Balaban J connectivity index is 1.69. The van der Waals surface area contributed by atoms with E-state index in [9.17, 15) is 9.59 Å². The summed E-state index contributed by atoms with van der Waals surface area (Å²) in [4.78, 5) is 27.9. The van der Waals surface area contributed by atoms with E-state index < -0.39 is 17.9 Å². The first-order valence-corrected chi connectivity index (χ1v) is 9.42. The van der Waals surface area contributed by atoms with Gasteiger partial charge in [0.25, 0.3) is 0 Å². The summed E-state index contributed by atoms with van der Waals surface area (Å²) in [6, 6.07) is 7.22. The van der Waals surface area contributed by atoms with Crippen LogP contribution in [0.5, 0.6) is 0 Å². The number of primary amides is 1. The first kappa shape index (κ1) is 19.4. The Morgan fingerprint density at radius 2 is 2.15 bits per heavy atom. The number of methoxy groups -OCH3 is 1. The van der Waals surface area contributed by atoms with Gasteiger partial charge in [0, 0.05) is 36.7 Å². The van der Waals surface area contributed by atoms with Crippen LogP contribution >= 0.6 is 0 Å². The number of H-pyrrole nitrogens is 1. The smallest absolute Gasteiger partial charge is 0.240 e. The third-order valence-corrected chi connectivity index (χ3v) is 5.43. The van der Waals surface area contributed by atoms with E-state index >= 15 is 0 Å². The molecule has 1 aliphatic rings. The molecule has 2 heterocycles. The van der Waals surface area contributed by atoms with Crippen LogP contribution in [0.1, 0.15) is 25.3 Å². The number of nitrogens with two attached hydrogens (primary N) is 1. The highest BCUT2D eigenvalue weighted by Gasteiger charge is 2.34. The Bertz CT molecular complexity index is 797. The van der Waals surface area contributed by atoms with E-state index in [4.69, 9.17) is 10.5 Å². The van der Waals surface area contributed by atoms with Crippen molar-refractivity contribution in [2.24, 2.45) is 11.7 Å². The number of para-hydroxylation sites is 1. The lowest BCUT2D eigenvalue weighted by molar-refractivity contribution is -0.133. The van der Waals surface area contributed by atoms with Crippen LogP contribution in [0.15, 0.2) is 30.5 Å². The summed E-state index contributed by atoms with van der Waals surface area (Å²) in [5.41, 5.74) is 7.50. The van der Waals surface area contributed by atoms with Crippen LogP contribution < -0.4 is 16.4 Å². The minimum absolute atomic E-state index is 0.149. The van der Waals surface area contributed by atoms with Gasteiger partial charge in [0.15, 0.2) is 0 Å². The predicted octanol–water partition coefficient (Wildman–Crippen LogP) is 1.08. The molecule has 2 aromatic rings. The lowest BCUT2D eigenvalue weighted by Crippen LogP contribution is -2.52. The first-order chi connectivity index (χ1) is 13.0. The Labute approximate surface area is 159 Å². The number of ether oxygens (including phenoxy) is 1. The number of carbonyl (C=O) groups is 2. The summed E-state index contributed by atoms with van der Waals surface area (Å²) >= 11 is 0. The summed E-state index contributed by atoms with van der Waals surface area (Å²) in [6.45, 7) is 2.76. The van der Waals surface area contributed by atoms with Gasteiger partial charge in [-0.1, -0.05) is 25.1 Å². The molecule has 1 aromatic heterocycles. The van der Waals surface area contributed by atoms with Crippen molar-refractivity contribution in [3.63, 3.8) is 0 Å². The van der Waals surface area contributed by atoms with Gasteiger partial charge in [-0.25, -0.2) is 0 Å². The monoisotopic (exact) mass is 372 g/mol. The molecule has 5 N–H and O–H groups in total. The van der Waals surface area contributed by atoms with Gasteiger partial charge in [-0.2, -0.15) is 0 Å². The number of hydrogen-bond donors (Lipinski definition) is 4. The minimum atomic E-state index is -0.770. The molecule has 1 saturated heterocycles. The maximum atomic E-state index is 12.8. The Morgan fingerprint density at radius 1 is 1.37 bits per heavy atom. The highest BCUT2D eigenvalue weighted by molar-refractivity contribution is 5.89. The van der Waals surface area contributed by atoms with E-state index in [2.05, 4.69) is 15.6 Å². The fourth-order valence-corrected chi connectivity index (χ4v) is 3.90. The zero-order valence-electron chi connectivity index (χ0n) is 15.8. The number of aromatic nitrogens is 1. The van der Waals surface area contributed by atoms with E-state index in [1.165, 1.54) is 0 Å². The van der Waals surface area contributed by atoms with Gasteiger partial charge in [-0.3, -0.25) is 9.59 Å². The highest BCUT2D eigenvalue weighted by atomic mass is 16.5. The molecule has 4 atom stereocenters. The average molecular weight is 372 g/mol. The minimum Gasteiger partial charge on any atom is -0.379 e. The summed E-state index contributed by atoms with van der Waals surface area (Å²) in [5, 5.41) is 7.22. The molecule has 0 bridgehead atoms. The van der Waals surface area contributed by atoms with Crippen LogP contribution in [0, 0.1) is 5.92 Å². The van der Waals surface area contributed by atoms with Crippen LogP contribution in [0.4, 0.5) is 0 Å². The fraction of sp³-hybridized carbons (Fsp3) is 0.500. The molecule has 1 fully saturated rings. The van der Waals surface area contributed by atoms with E-state index in [1.54, 1.807) is 7.11 Å². The van der Waals surface area contributed by atoms with Crippen molar-refractivity contribution in [3.05, 3.63) is 36.0 Å². The van der Waals surface area contributed by atoms with Gasteiger partial charge in [0.1, 0.15) is 6.04 Å². The van der Waals surface area contributed by atoms with Crippen LogP contribution in [0.3, 0.4) is 0 Å². The highest BCUT2D eigenvalue weighted by Crippen LogP contribution is 2.21. The molecule has 0 spiro atoms. The molecule has 27 heavy (non-hydrogen) atoms. The van der Waals surface area contributed by atoms with Crippen molar-refractivity contribution in [1.29, 1.82) is 0 Å². The molecule has 3 rings (SSSR count). The Hall–Kier alpha value is -2.38. The molecule has 1 aromatic carbocycles. The van der Waals surface area contributed by atoms with Gasteiger partial charge >= 0.3 is 0 Å². The number of carbonyl (C=O) groups excluding carboxylic acids is 2. The second kappa shape index (κ2) is 8.54. The number of amides is 2. The fourth-order valence-electron chi connectivity index (χ4n) is 3.90.